The van der Waals surface area contributed by atoms with Gasteiger partial charge in [0.15, 0.2) is 0 Å². The Morgan fingerprint density at radius 1 is 1.44 bits per heavy atom. The van der Waals surface area contributed by atoms with Crippen molar-refractivity contribution in [1.29, 1.82) is 0 Å². The number of primary amides is 1. The van der Waals surface area contributed by atoms with Crippen LogP contribution in [0.5, 0.6) is 5.75 Å². The first-order chi connectivity index (χ1) is 8.58. The largest absolute Gasteiger partial charge is 0.508 e. The van der Waals surface area contributed by atoms with Crippen LogP contribution in [-0.4, -0.2) is 34.4 Å². The van der Waals surface area contributed by atoms with Crippen molar-refractivity contribution >= 4 is 11.8 Å². The van der Waals surface area contributed by atoms with Gasteiger partial charge >= 0.3 is 0 Å². The summed E-state index contributed by atoms with van der Waals surface area (Å²) in [6, 6.07) is 6.08. The molecule has 0 aliphatic carbocycles. The number of carbonyl (C=O) groups excluding carboxylic acids is 2. The van der Waals surface area contributed by atoms with Crippen molar-refractivity contribution in [2.45, 2.75) is 25.3 Å². The molecule has 0 bridgehead atoms. The number of aromatic hydroxyl groups is 1. The molecule has 1 aromatic carbocycles. The van der Waals surface area contributed by atoms with Gasteiger partial charge in [0.25, 0.3) is 0 Å². The van der Waals surface area contributed by atoms with Crippen molar-refractivity contribution in [2.75, 3.05) is 6.54 Å². The molecule has 18 heavy (non-hydrogen) atoms. The van der Waals surface area contributed by atoms with E-state index in [-0.39, 0.29) is 18.1 Å². The standard InChI is InChI=1S/C13H16N2O3/c14-13(18)11-5-2-6-15(11)12(17)8-9-3-1-4-10(16)7-9/h1,3-4,7,11,16H,2,5-6,8H2,(H2,14,18). The number of nitrogens with zero attached hydrogens (tertiary/aromatic N) is 1. The van der Waals surface area contributed by atoms with Gasteiger partial charge in [0.2, 0.25) is 11.8 Å². The van der Waals surface area contributed by atoms with Gasteiger partial charge in [0.05, 0.1) is 6.42 Å². The Balaban J connectivity index is 2.06. The lowest BCUT2D eigenvalue weighted by Gasteiger charge is -2.22. The highest BCUT2D eigenvalue weighted by Crippen LogP contribution is 2.19. The summed E-state index contributed by atoms with van der Waals surface area (Å²) in [5, 5.41) is 9.33. The average molecular weight is 248 g/mol. The molecule has 2 amide bonds. The molecule has 1 heterocycles. The summed E-state index contributed by atoms with van der Waals surface area (Å²) < 4.78 is 0. The molecule has 0 saturated carbocycles. The first-order valence-electron chi connectivity index (χ1n) is 5.94. The Labute approximate surface area is 105 Å². The molecule has 1 saturated heterocycles. The van der Waals surface area contributed by atoms with Crippen LogP contribution in [0.1, 0.15) is 18.4 Å². The van der Waals surface area contributed by atoms with E-state index in [2.05, 4.69) is 0 Å². The van der Waals surface area contributed by atoms with Gasteiger partial charge in [-0.05, 0) is 30.5 Å². The molecule has 5 heteroatoms. The van der Waals surface area contributed by atoms with Gasteiger partial charge in [-0.1, -0.05) is 12.1 Å². The number of likely N-dealkylation sites (tertiary alicyclic amines) is 1. The second-order valence-corrected chi connectivity index (χ2v) is 4.49. The number of nitrogens with two attached hydrogens (primary N) is 1. The number of phenols is 1. The zero-order valence-corrected chi connectivity index (χ0v) is 10.0. The Morgan fingerprint density at radius 2 is 2.22 bits per heavy atom. The second-order valence-electron chi connectivity index (χ2n) is 4.49. The van der Waals surface area contributed by atoms with Gasteiger partial charge in [-0.15, -0.1) is 0 Å². The molecule has 1 aliphatic heterocycles. The van der Waals surface area contributed by atoms with E-state index in [1.165, 1.54) is 4.90 Å². The van der Waals surface area contributed by atoms with E-state index in [1.807, 2.05) is 0 Å². The lowest BCUT2D eigenvalue weighted by Crippen LogP contribution is -2.44. The fourth-order valence-electron chi connectivity index (χ4n) is 2.30. The number of amides is 2. The van der Waals surface area contributed by atoms with Crippen molar-refractivity contribution < 1.29 is 14.7 Å². The average Bonchev–Trinajstić information content (AvgIpc) is 2.77. The van der Waals surface area contributed by atoms with Gasteiger partial charge in [0, 0.05) is 6.54 Å². The number of hydrogen-bond acceptors (Lipinski definition) is 3. The molecule has 1 aromatic rings. The first kappa shape index (κ1) is 12.4. The molecule has 1 aliphatic rings. The molecule has 2 rings (SSSR count). The molecule has 1 fully saturated rings. The Bertz CT molecular complexity index is 473. The zero-order valence-electron chi connectivity index (χ0n) is 10.0. The summed E-state index contributed by atoms with van der Waals surface area (Å²) in [4.78, 5) is 24.8. The van der Waals surface area contributed by atoms with Gasteiger partial charge < -0.3 is 15.7 Å². The Kier molecular flexibility index (Phi) is 3.50. The molecule has 0 aromatic heterocycles. The first-order valence-corrected chi connectivity index (χ1v) is 5.94. The molecule has 3 N–H and O–H groups in total. The van der Waals surface area contributed by atoms with Crippen LogP contribution in [0, 0.1) is 0 Å². The number of hydrogen-bond donors (Lipinski definition) is 2. The topological polar surface area (TPSA) is 83.6 Å². The van der Waals surface area contributed by atoms with Crippen LogP contribution in [0.25, 0.3) is 0 Å². The van der Waals surface area contributed by atoms with Crippen molar-refractivity contribution in [2.24, 2.45) is 5.73 Å². The van der Waals surface area contributed by atoms with Crippen LogP contribution in [0.3, 0.4) is 0 Å². The predicted octanol–water partition coefficient (Wildman–Crippen LogP) is 0.411. The third-order valence-corrected chi connectivity index (χ3v) is 3.17. The Hall–Kier alpha value is -2.04. The molecule has 0 spiro atoms. The summed E-state index contributed by atoms with van der Waals surface area (Å²) in [5.74, 6) is -0.438. The normalized spacial score (nSPS) is 18.9. The van der Waals surface area contributed by atoms with E-state index < -0.39 is 11.9 Å². The minimum Gasteiger partial charge on any atom is -0.508 e. The summed E-state index contributed by atoms with van der Waals surface area (Å²) in [5.41, 5.74) is 6.00. The molecule has 1 unspecified atom stereocenters. The summed E-state index contributed by atoms with van der Waals surface area (Å²) in [6.07, 6.45) is 1.62. The fourth-order valence-corrected chi connectivity index (χ4v) is 2.30. The molecule has 5 nitrogen and oxygen atoms in total. The lowest BCUT2D eigenvalue weighted by atomic mass is 10.1. The molecule has 0 radical (unpaired) electrons. The molecule has 1 atom stereocenters. The SMILES string of the molecule is NC(=O)C1CCCN1C(=O)Cc1cccc(O)c1. The summed E-state index contributed by atoms with van der Waals surface area (Å²) >= 11 is 0. The van der Waals surface area contributed by atoms with Gasteiger partial charge in [-0.25, -0.2) is 0 Å². The monoisotopic (exact) mass is 248 g/mol. The van der Waals surface area contributed by atoms with Crippen LogP contribution < -0.4 is 5.73 Å². The maximum atomic E-state index is 12.1. The van der Waals surface area contributed by atoms with Crippen LogP contribution >= 0.6 is 0 Å². The van der Waals surface area contributed by atoms with E-state index in [0.717, 1.165) is 12.0 Å². The van der Waals surface area contributed by atoms with Gasteiger partial charge in [-0.2, -0.15) is 0 Å². The smallest absolute Gasteiger partial charge is 0.240 e. The number of rotatable bonds is 3. The van der Waals surface area contributed by atoms with Crippen molar-refractivity contribution in [1.82, 2.24) is 4.90 Å². The highest BCUT2D eigenvalue weighted by Gasteiger charge is 2.32. The maximum absolute atomic E-state index is 12.1. The number of benzene rings is 1. The van der Waals surface area contributed by atoms with E-state index >= 15 is 0 Å². The summed E-state index contributed by atoms with van der Waals surface area (Å²) in [6.45, 7) is 0.575. The number of carbonyl (C=O) groups is 2. The van der Waals surface area contributed by atoms with E-state index in [9.17, 15) is 14.7 Å². The predicted molar refractivity (Wildman–Crippen MR) is 65.7 cm³/mol. The molecule has 96 valence electrons. The fraction of sp³-hybridized carbons (Fsp3) is 0.385. The van der Waals surface area contributed by atoms with Crippen molar-refractivity contribution in [3.8, 4) is 5.75 Å². The molecular weight excluding hydrogens is 232 g/mol. The third kappa shape index (κ3) is 2.61. The molecular formula is C13H16N2O3. The second kappa shape index (κ2) is 5.08. The van der Waals surface area contributed by atoms with Crippen LogP contribution in [0.2, 0.25) is 0 Å². The van der Waals surface area contributed by atoms with Gasteiger partial charge in [-0.3, -0.25) is 9.59 Å². The van der Waals surface area contributed by atoms with Crippen LogP contribution in [0.4, 0.5) is 0 Å². The quantitative estimate of drug-likeness (QED) is 0.812. The maximum Gasteiger partial charge on any atom is 0.240 e. The minimum atomic E-state index is -0.477. The van der Waals surface area contributed by atoms with Gasteiger partial charge in [0.1, 0.15) is 11.8 Å². The van der Waals surface area contributed by atoms with Crippen LogP contribution in [0.15, 0.2) is 24.3 Å². The zero-order chi connectivity index (χ0) is 13.1. The van der Waals surface area contributed by atoms with Crippen molar-refractivity contribution in [3.05, 3.63) is 29.8 Å². The highest BCUT2D eigenvalue weighted by molar-refractivity contribution is 5.88. The lowest BCUT2D eigenvalue weighted by molar-refractivity contribution is -0.136. The summed E-state index contributed by atoms with van der Waals surface area (Å²) in [7, 11) is 0. The van der Waals surface area contributed by atoms with E-state index in [0.29, 0.717) is 13.0 Å². The van der Waals surface area contributed by atoms with Crippen molar-refractivity contribution in [3.63, 3.8) is 0 Å². The number of phenolic OH excluding ortho intramolecular Hbond substituents is 1. The van der Waals surface area contributed by atoms with E-state index in [4.69, 9.17) is 5.73 Å². The minimum absolute atomic E-state index is 0.123. The Morgan fingerprint density at radius 3 is 2.89 bits per heavy atom. The highest BCUT2D eigenvalue weighted by atomic mass is 16.3. The third-order valence-electron chi connectivity index (χ3n) is 3.17. The van der Waals surface area contributed by atoms with E-state index in [1.54, 1.807) is 24.3 Å². The van der Waals surface area contributed by atoms with Crippen LogP contribution in [-0.2, 0) is 16.0 Å².